The lowest BCUT2D eigenvalue weighted by Gasteiger charge is -2.18. The van der Waals surface area contributed by atoms with Gasteiger partial charge in [0.05, 0.1) is 20.3 Å². The van der Waals surface area contributed by atoms with Crippen molar-refractivity contribution < 1.29 is 77.1 Å². The second-order valence-electron chi connectivity index (χ2n) is 13.2. The van der Waals surface area contributed by atoms with E-state index in [4.69, 9.17) is 47.7 Å². The Morgan fingerprint density at radius 2 is 1.21 bits per heavy atom. The summed E-state index contributed by atoms with van der Waals surface area (Å²) >= 11 is 0. The standard InChI is InChI=1S/C22H28O8.C21H26O8.2CH4/c1-15-8-7-10-18(23)19(27-4)11-6-5-9-16-12-17(26-3)13-20(30-28-14-25-2)21(16)22(24)29-15;1-13-5-4-6-17(23)18(24)10-15(22)8-7-14-9-16(27-3)11-19(28-12-26-2)20(14)21(25)29-13;;/h5,7,9-10,12-13,15,19H,6,8,11,14H2,1-4H3;4,6-9,11,13,15,18,22,24H,5,10,12H2,1-3H3;2*1H4/b9-5?,10-7-;6-4-,8-7?;;/t15-,19-;13-,15?,18-;;/m00../s1. The Kier molecular flexibility index (Phi) is 24.8. The molecule has 0 aliphatic carbocycles. The summed E-state index contributed by atoms with van der Waals surface area (Å²) in [5, 5.41) is 20.1. The van der Waals surface area contributed by atoms with Gasteiger partial charge in [-0.3, -0.25) is 9.59 Å². The second-order valence-corrected chi connectivity index (χ2v) is 13.2. The minimum atomic E-state index is -1.34. The molecule has 0 aromatic heterocycles. The van der Waals surface area contributed by atoms with E-state index in [-0.39, 0.29) is 69.7 Å². The molecule has 2 aliphatic rings. The summed E-state index contributed by atoms with van der Waals surface area (Å²) in [5.74, 6) is -0.589. The molecule has 1 unspecified atom stereocenters. The van der Waals surface area contributed by atoms with Gasteiger partial charge in [-0.1, -0.05) is 51.3 Å². The molecule has 4 rings (SSSR count). The van der Waals surface area contributed by atoms with E-state index in [1.807, 2.05) is 6.08 Å². The van der Waals surface area contributed by atoms with E-state index in [9.17, 15) is 29.4 Å². The zero-order valence-electron chi connectivity index (χ0n) is 34.4. The van der Waals surface area contributed by atoms with E-state index in [1.165, 1.54) is 72.0 Å². The van der Waals surface area contributed by atoms with Crippen molar-refractivity contribution in [3.05, 3.63) is 83.0 Å². The molecule has 2 N–H and O–H groups in total. The van der Waals surface area contributed by atoms with Crippen LogP contribution in [0.5, 0.6) is 23.0 Å². The molecule has 338 valence electrons. The van der Waals surface area contributed by atoms with Crippen molar-refractivity contribution in [3.63, 3.8) is 0 Å². The van der Waals surface area contributed by atoms with Gasteiger partial charge in [-0.15, -0.1) is 0 Å². The number of ketones is 2. The number of hydrogen-bond donors (Lipinski definition) is 2. The Hall–Kier alpha value is -5.36. The molecule has 2 aromatic rings. The number of methoxy groups -OCH3 is 5. The lowest BCUT2D eigenvalue weighted by Crippen LogP contribution is -2.24. The zero-order chi connectivity index (χ0) is 43.3. The first kappa shape index (κ1) is 53.7. The van der Waals surface area contributed by atoms with E-state index in [2.05, 4.69) is 0 Å². The van der Waals surface area contributed by atoms with Crippen molar-refractivity contribution >= 4 is 35.7 Å². The Morgan fingerprint density at radius 1 is 0.672 bits per heavy atom. The fourth-order valence-corrected chi connectivity index (χ4v) is 5.62. The van der Waals surface area contributed by atoms with Gasteiger partial charge in [0.1, 0.15) is 52.8 Å². The molecule has 2 aliphatic heterocycles. The fraction of sp³-hybridized carbons (Fsp3) is 0.467. The lowest BCUT2D eigenvalue weighted by molar-refractivity contribution is -0.260. The average Bonchev–Trinajstić information content (AvgIpc) is 3.21. The number of hydrogen-bond acceptors (Lipinski definition) is 16. The Labute approximate surface area is 358 Å². The molecule has 0 fully saturated rings. The Balaban J connectivity index is 0.000000591. The molecule has 2 heterocycles. The first-order chi connectivity index (χ1) is 28.3. The third kappa shape index (κ3) is 17.3. The number of carbonyl (C=O) groups is 4. The zero-order valence-corrected chi connectivity index (χ0v) is 34.4. The summed E-state index contributed by atoms with van der Waals surface area (Å²) < 4.78 is 42.2. The van der Waals surface area contributed by atoms with E-state index >= 15 is 0 Å². The lowest BCUT2D eigenvalue weighted by atomic mass is 10.0. The molecular weight excluding hydrogens is 796 g/mol. The predicted molar refractivity (Wildman–Crippen MR) is 228 cm³/mol. The number of carbonyl (C=O) groups excluding carboxylic acids is 4. The topological polar surface area (TPSA) is 201 Å². The summed E-state index contributed by atoms with van der Waals surface area (Å²) in [5.41, 5.74) is 1.28. The highest BCUT2D eigenvalue weighted by molar-refractivity contribution is 5.98. The summed E-state index contributed by atoms with van der Waals surface area (Å²) in [6.07, 6.45) is 9.98. The van der Waals surface area contributed by atoms with Gasteiger partial charge < -0.3 is 53.0 Å². The van der Waals surface area contributed by atoms with Crippen molar-refractivity contribution in [2.24, 2.45) is 0 Å². The Morgan fingerprint density at radius 3 is 1.77 bits per heavy atom. The van der Waals surface area contributed by atoms with Gasteiger partial charge in [-0.2, -0.15) is 4.89 Å². The average molecular weight is 859 g/mol. The molecule has 16 nitrogen and oxygen atoms in total. The minimum Gasteiger partial charge on any atom is -0.497 e. The summed E-state index contributed by atoms with van der Waals surface area (Å²) in [7, 11) is 7.40. The number of aliphatic hydroxyl groups excluding tert-OH is 2. The number of ether oxygens (including phenoxy) is 8. The number of rotatable bonds is 10. The van der Waals surface area contributed by atoms with E-state index in [1.54, 1.807) is 44.2 Å². The summed E-state index contributed by atoms with van der Waals surface area (Å²) in [6.45, 7) is 3.22. The second kappa shape index (κ2) is 28.2. The van der Waals surface area contributed by atoms with Crippen molar-refractivity contribution in [1.29, 1.82) is 0 Å². The molecule has 2 aromatic carbocycles. The van der Waals surface area contributed by atoms with Crippen molar-refractivity contribution in [2.45, 2.75) is 91.3 Å². The third-order valence-corrected chi connectivity index (χ3v) is 8.64. The van der Waals surface area contributed by atoms with Crippen LogP contribution in [0.3, 0.4) is 0 Å². The SMILES string of the molecule is C.C.COCOOc1cc(OC)cc2c1C(=O)O[C@@H](C)C/C=C\C(=O)[C@@H](OC)CCC=C2.COCOc1cc(OC)cc2c1C(=O)O[C@@H](C)C/C=C\C(=O)[C@@H](O)CC(O)C=C2. The first-order valence-electron chi connectivity index (χ1n) is 18.8. The minimum absolute atomic E-state index is 0. The van der Waals surface area contributed by atoms with Crippen LogP contribution in [-0.2, 0) is 38.2 Å². The van der Waals surface area contributed by atoms with Gasteiger partial charge in [0.15, 0.2) is 30.9 Å². The highest BCUT2D eigenvalue weighted by Gasteiger charge is 2.25. The molecular formula is C45H62O16. The molecule has 0 radical (unpaired) electrons. The smallest absolute Gasteiger partial charge is 0.342 e. The van der Waals surface area contributed by atoms with Crippen LogP contribution in [0.15, 0.2) is 60.7 Å². The number of esters is 2. The van der Waals surface area contributed by atoms with Crippen LogP contribution < -0.4 is 19.1 Å². The predicted octanol–water partition coefficient (Wildman–Crippen LogP) is 6.64. The first-order valence-corrected chi connectivity index (χ1v) is 18.8. The number of fused-ring (bicyclic) bond motifs is 2. The third-order valence-electron chi connectivity index (χ3n) is 8.64. The molecule has 0 amide bonds. The Bertz CT molecular complexity index is 1830. The highest BCUT2D eigenvalue weighted by Crippen LogP contribution is 2.33. The number of allylic oxidation sites excluding steroid dienone is 1. The van der Waals surface area contributed by atoms with Gasteiger partial charge in [0, 0.05) is 52.7 Å². The van der Waals surface area contributed by atoms with Crippen LogP contribution in [0.4, 0.5) is 0 Å². The summed E-state index contributed by atoms with van der Waals surface area (Å²) in [6, 6.07) is 6.37. The van der Waals surface area contributed by atoms with E-state index in [0.717, 1.165) is 0 Å². The molecule has 0 saturated carbocycles. The maximum absolute atomic E-state index is 12.9. The van der Waals surface area contributed by atoms with Crippen LogP contribution in [0.1, 0.15) is 92.6 Å². The van der Waals surface area contributed by atoms with Crippen molar-refractivity contribution in [1.82, 2.24) is 0 Å². The summed E-state index contributed by atoms with van der Waals surface area (Å²) in [4.78, 5) is 60.2. The van der Waals surface area contributed by atoms with Crippen LogP contribution >= 0.6 is 0 Å². The molecule has 0 saturated heterocycles. The van der Waals surface area contributed by atoms with E-state index in [0.29, 0.717) is 41.9 Å². The van der Waals surface area contributed by atoms with Crippen molar-refractivity contribution in [3.8, 4) is 23.0 Å². The van der Waals surface area contributed by atoms with Crippen molar-refractivity contribution in [2.75, 3.05) is 49.1 Å². The maximum atomic E-state index is 12.9. The monoisotopic (exact) mass is 858 g/mol. The molecule has 0 spiro atoms. The molecule has 61 heavy (non-hydrogen) atoms. The van der Waals surface area contributed by atoms with Crippen LogP contribution in [0.2, 0.25) is 0 Å². The number of cyclic esters (lactones) is 2. The highest BCUT2D eigenvalue weighted by atomic mass is 17.2. The van der Waals surface area contributed by atoms with Gasteiger partial charge in [-0.25, -0.2) is 9.59 Å². The normalized spacial score (nSPS) is 22.0. The van der Waals surface area contributed by atoms with Crippen LogP contribution in [0.25, 0.3) is 12.2 Å². The van der Waals surface area contributed by atoms with E-state index < -0.39 is 48.2 Å². The van der Waals surface area contributed by atoms with Gasteiger partial charge >= 0.3 is 11.9 Å². The van der Waals surface area contributed by atoms with Gasteiger partial charge in [0.2, 0.25) is 0 Å². The maximum Gasteiger partial charge on any atom is 0.342 e. The fourth-order valence-electron chi connectivity index (χ4n) is 5.62. The molecule has 16 heteroatoms. The molecule has 0 bridgehead atoms. The van der Waals surface area contributed by atoms with Gasteiger partial charge in [-0.05, 0) is 62.1 Å². The number of aliphatic hydroxyl groups is 2. The quantitative estimate of drug-likeness (QED) is 0.0846. The van der Waals surface area contributed by atoms with Crippen LogP contribution in [-0.4, -0.2) is 113 Å². The largest absolute Gasteiger partial charge is 0.497 e. The van der Waals surface area contributed by atoms with Gasteiger partial charge in [0.25, 0.3) is 0 Å². The van der Waals surface area contributed by atoms with Crippen LogP contribution in [0, 0.1) is 0 Å². The number of benzene rings is 2. The molecule has 5 atom stereocenters.